The summed E-state index contributed by atoms with van der Waals surface area (Å²) in [6.45, 7) is 10.2. The van der Waals surface area contributed by atoms with Gasteiger partial charge < -0.3 is 5.32 Å². The zero-order chi connectivity index (χ0) is 14.0. The lowest BCUT2D eigenvalue weighted by atomic mass is 10.2. The lowest BCUT2D eigenvalue weighted by Gasteiger charge is -2.09. The van der Waals surface area contributed by atoms with Gasteiger partial charge in [-0.2, -0.15) is 10.2 Å². The molecule has 0 aliphatic heterocycles. The molecule has 0 aliphatic rings. The zero-order valence-corrected chi connectivity index (χ0v) is 13.7. The number of hydrogen-bond donors (Lipinski definition) is 1. The number of hydrogen-bond acceptors (Lipinski definition) is 3. The van der Waals surface area contributed by atoms with Crippen LogP contribution in [0.2, 0.25) is 0 Å². The van der Waals surface area contributed by atoms with Crippen LogP contribution in [0.25, 0.3) is 0 Å². The molecule has 0 fully saturated rings. The van der Waals surface area contributed by atoms with Crippen molar-refractivity contribution in [2.75, 3.05) is 0 Å². The van der Waals surface area contributed by atoms with Gasteiger partial charge >= 0.3 is 0 Å². The van der Waals surface area contributed by atoms with Crippen molar-refractivity contribution >= 4 is 12.4 Å². The quantitative estimate of drug-likeness (QED) is 0.922. The van der Waals surface area contributed by atoms with E-state index in [1.807, 2.05) is 24.1 Å². The molecule has 0 bridgehead atoms. The van der Waals surface area contributed by atoms with Gasteiger partial charge in [0.1, 0.15) is 0 Å². The first-order valence-corrected chi connectivity index (χ1v) is 6.72. The first kappa shape index (κ1) is 16.7. The number of aryl methyl sites for hydroxylation is 1. The van der Waals surface area contributed by atoms with Crippen LogP contribution in [-0.2, 0) is 20.1 Å². The molecule has 2 aromatic heterocycles. The Kier molecular flexibility index (Phi) is 5.77. The molecule has 0 saturated heterocycles. The van der Waals surface area contributed by atoms with E-state index < -0.39 is 0 Å². The van der Waals surface area contributed by atoms with Gasteiger partial charge in [0.15, 0.2) is 0 Å². The minimum atomic E-state index is 0. The Morgan fingerprint density at radius 2 is 1.60 bits per heavy atom. The molecular formula is C14H24ClN5. The average molecular weight is 298 g/mol. The molecule has 0 saturated carbocycles. The first-order valence-electron chi connectivity index (χ1n) is 6.72. The molecule has 2 aromatic rings. The highest BCUT2D eigenvalue weighted by atomic mass is 35.5. The fourth-order valence-corrected chi connectivity index (χ4v) is 2.20. The maximum Gasteiger partial charge on any atom is 0.0537 e. The van der Waals surface area contributed by atoms with Crippen LogP contribution < -0.4 is 5.32 Å². The van der Waals surface area contributed by atoms with Crippen LogP contribution in [0, 0.1) is 13.8 Å². The van der Waals surface area contributed by atoms with Crippen molar-refractivity contribution in [3.63, 3.8) is 0 Å². The number of nitrogens with zero attached hydrogens (tertiary/aromatic N) is 4. The Labute approximate surface area is 126 Å². The van der Waals surface area contributed by atoms with Crippen molar-refractivity contribution in [1.82, 2.24) is 24.9 Å². The molecule has 1 N–H and O–H groups in total. The highest BCUT2D eigenvalue weighted by Crippen LogP contribution is 2.13. The van der Waals surface area contributed by atoms with Crippen LogP contribution in [0.3, 0.4) is 0 Å². The number of halogens is 1. The van der Waals surface area contributed by atoms with Crippen LogP contribution in [-0.4, -0.2) is 19.6 Å². The van der Waals surface area contributed by atoms with Gasteiger partial charge in [-0.1, -0.05) is 0 Å². The van der Waals surface area contributed by atoms with Crippen molar-refractivity contribution in [2.24, 2.45) is 7.05 Å². The normalized spacial score (nSPS) is 10.9. The molecule has 112 valence electrons. The molecule has 0 atom stereocenters. The predicted octanol–water partition coefficient (Wildman–Crippen LogP) is 2.53. The predicted molar refractivity (Wildman–Crippen MR) is 83.1 cm³/mol. The van der Waals surface area contributed by atoms with Gasteiger partial charge in [0, 0.05) is 48.7 Å². The van der Waals surface area contributed by atoms with E-state index in [9.17, 15) is 0 Å². The molecule has 6 heteroatoms. The van der Waals surface area contributed by atoms with Crippen molar-refractivity contribution in [3.8, 4) is 0 Å². The van der Waals surface area contributed by atoms with Gasteiger partial charge in [-0.05, 0) is 27.7 Å². The summed E-state index contributed by atoms with van der Waals surface area (Å²) in [4.78, 5) is 0. The van der Waals surface area contributed by atoms with E-state index in [0.29, 0.717) is 6.04 Å². The van der Waals surface area contributed by atoms with Crippen LogP contribution in [0.5, 0.6) is 0 Å². The molecule has 2 heterocycles. The zero-order valence-electron chi connectivity index (χ0n) is 12.8. The third kappa shape index (κ3) is 3.41. The minimum absolute atomic E-state index is 0. The van der Waals surface area contributed by atoms with Gasteiger partial charge in [0.25, 0.3) is 0 Å². The third-order valence-electron chi connectivity index (χ3n) is 3.60. The van der Waals surface area contributed by atoms with Gasteiger partial charge in [0.2, 0.25) is 0 Å². The Morgan fingerprint density at radius 3 is 2.05 bits per heavy atom. The Balaban J connectivity index is 0.00000200. The van der Waals surface area contributed by atoms with Crippen LogP contribution in [0.4, 0.5) is 0 Å². The maximum atomic E-state index is 4.42. The van der Waals surface area contributed by atoms with Crippen LogP contribution >= 0.6 is 12.4 Å². The van der Waals surface area contributed by atoms with E-state index in [0.717, 1.165) is 13.1 Å². The summed E-state index contributed by atoms with van der Waals surface area (Å²) in [6, 6.07) is 0.411. The third-order valence-corrected chi connectivity index (χ3v) is 3.60. The van der Waals surface area contributed by atoms with Crippen molar-refractivity contribution in [3.05, 3.63) is 34.9 Å². The van der Waals surface area contributed by atoms with Crippen molar-refractivity contribution < 1.29 is 0 Å². The molecule has 0 radical (unpaired) electrons. The summed E-state index contributed by atoms with van der Waals surface area (Å²) < 4.78 is 3.96. The fraction of sp³-hybridized carbons (Fsp3) is 0.571. The van der Waals surface area contributed by atoms with Gasteiger partial charge in [-0.3, -0.25) is 9.36 Å². The minimum Gasteiger partial charge on any atom is -0.308 e. The Hall–Kier alpha value is -1.33. The second kappa shape index (κ2) is 6.90. The maximum absolute atomic E-state index is 4.42. The molecular weight excluding hydrogens is 274 g/mol. The number of aromatic nitrogens is 4. The second-order valence-electron chi connectivity index (χ2n) is 5.28. The van der Waals surface area contributed by atoms with Crippen molar-refractivity contribution in [2.45, 2.75) is 46.8 Å². The first-order chi connectivity index (χ1) is 9.00. The summed E-state index contributed by atoms with van der Waals surface area (Å²) in [5.41, 5.74) is 4.96. The monoisotopic (exact) mass is 297 g/mol. The van der Waals surface area contributed by atoms with Gasteiger partial charge in [0.05, 0.1) is 12.4 Å². The molecule has 0 aliphatic carbocycles. The van der Waals surface area contributed by atoms with Gasteiger partial charge in [-0.25, -0.2) is 0 Å². The molecule has 0 aromatic carbocycles. The second-order valence-corrected chi connectivity index (χ2v) is 5.28. The Bertz CT molecular complexity index is 556. The standard InChI is InChI=1S/C14H23N5.ClH/c1-10(2)19-12(4)14(9-17-19)7-15-6-13-8-16-18(5)11(13)3;/h8-10,15H,6-7H2,1-5H3;1H. The summed E-state index contributed by atoms with van der Waals surface area (Å²) in [7, 11) is 1.97. The highest BCUT2D eigenvalue weighted by molar-refractivity contribution is 5.85. The summed E-state index contributed by atoms with van der Waals surface area (Å²) in [6.07, 6.45) is 3.88. The average Bonchev–Trinajstić information content (AvgIpc) is 2.87. The summed E-state index contributed by atoms with van der Waals surface area (Å²) in [5, 5.41) is 12.1. The number of nitrogens with one attached hydrogen (secondary N) is 1. The smallest absolute Gasteiger partial charge is 0.0537 e. The lowest BCUT2D eigenvalue weighted by Crippen LogP contribution is -2.14. The highest BCUT2D eigenvalue weighted by Gasteiger charge is 2.09. The molecule has 5 nitrogen and oxygen atoms in total. The molecule has 2 rings (SSSR count). The molecule has 0 spiro atoms. The van der Waals surface area contributed by atoms with E-state index in [2.05, 4.69) is 47.9 Å². The largest absolute Gasteiger partial charge is 0.308 e. The van der Waals surface area contributed by atoms with Crippen molar-refractivity contribution in [1.29, 1.82) is 0 Å². The summed E-state index contributed by atoms with van der Waals surface area (Å²) in [5.74, 6) is 0. The van der Waals surface area contributed by atoms with E-state index in [1.54, 1.807) is 0 Å². The Morgan fingerprint density at radius 1 is 1.05 bits per heavy atom. The van der Waals surface area contributed by atoms with E-state index in [4.69, 9.17) is 0 Å². The molecule has 0 unspecified atom stereocenters. The van der Waals surface area contributed by atoms with E-state index in [1.165, 1.54) is 22.5 Å². The van der Waals surface area contributed by atoms with E-state index >= 15 is 0 Å². The van der Waals surface area contributed by atoms with Gasteiger partial charge in [-0.15, -0.1) is 12.4 Å². The SMILES string of the molecule is Cc1c(CNCc2cnn(C(C)C)c2C)cnn1C.Cl. The lowest BCUT2D eigenvalue weighted by molar-refractivity contribution is 0.517. The van der Waals surface area contributed by atoms with Crippen LogP contribution in [0.1, 0.15) is 42.4 Å². The van der Waals surface area contributed by atoms with E-state index in [-0.39, 0.29) is 12.4 Å². The topological polar surface area (TPSA) is 47.7 Å². The van der Waals surface area contributed by atoms with Crippen LogP contribution in [0.15, 0.2) is 12.4 Å². The number of rotatable bonds is 5. The molecule has 20 heavy (non-hydrogen) atoms. The fourth-order valence-electron chi connectivity index (χ4n) is 2.20. The summed E-state index contributed by atoms with van der Waals surface area (Å²) >= 11 is 0. The molecule has 0 amide bonds.